The summed E-state index contributed by atoms with van der Waals surface area (Å²) in [7, 11) is 0. The summed E-state index contributed by atoms with van der Waals surface area (Å²) in [5.41, 5.74) is 5.97. The maximum absolute atomic E-state index is 5.97. The van der Waals surface area contributed by atoms with Crippen LogP contribution in [-0.4, -0.2) is 49.8 Å². The number of ether oxygens (including phenoxy) is 2. The van der Waals surface area contributed by atoms with Gasteiger partial charge < -0.3 is 20.1 Å². The molecular formula is C14H20IN3O2. The van der Waals surface area contributed by atoms with E-state index in [1.165, 1.54) is 3.57 Å². The van der Waals surface area contributed by atoms with Crippen LogP contribution in [0.3, 0.4) is 0 Å². The van der Waals surface area contributed by atoms with Gasteiger partial charge in [-0.3, -0.25) is 0 Å². The predicted octanol–water partition coefficient (Wildman–Crippen LogP) is 1.71. The van der Waals surface area contributed by atoms with Gasteiger partial charge in [-0.15, -0.1) is 0 Å². The summed E-state index contributed by atoms with van der Waals surface area (Å²) in [6, 6.07) is 7.95. The number of hydrogen-bond donors (Lipinski definition) is 1. The highest BCUT2D eigenvalue weighted by Crippen LogP contribution is 2.13. The van der Waals surface area contributed by atoms with Gasteiger partial charge in [-0.05, 0) is 53.8 Å². The number of rotatable bonds is 4. The average molecular weight is 389 g/mol. The second-order valence-electron chi connectivity index (χ2n) is 4.67. The topological polar surface area (TPSA) is 60.1 Å². The van der Waals surface area contributed by atoms with Gasteiger partial charge in [0.25, 0.3) is 0 Å². The summed E-state index contributed by atoms with van der Waals surface area (Å²) in [4.78, 5) is 6.41. The van der Waals surface area contributed by atoms with Crippen LogP contribution in [0.5, 0.6) is 5.75 Å². The number of nitrogens with two attached hydrogens (primary N) is 1. The highest BCUT2D eigenvalue weighted by atomic mass is 127. The Hall–Kier alpha value is -1.02. The van der Waals surface area contributed by atoms with Gasteiger partial charge in [0.15, 0.2) is 5.96 Å². The van der Waals surface area contributed by atoms with Crippen molar-refractivity contribution in [3.05, 3.63) is 27.8 Å². The van der Waals surface area contributed by atoms with Crippen LogP contribution in [-0.2, 0) is 4.74 Å². The van der Waals surface area contributed by atoms with Crippen molar-refractivity contribution in [2.75, 3.05) is 32.8 Å². The molecule has 0 aromatic heterocycles. The van der Waals surface area contributed by atoms with E-state index in [9.17, 15) is 0 Å². The molecule has 1 aromatic rings. The lowest BCUT2D eigenvalue weighted by Gasteiger charge is -2.31. The Kier molecular flexibility index (Phi) is 5.90. The Balaban J connectivity index is 1.73. The number of guanidine groups is 1. The monoisotopic (exact) mass is 389 g/mol. The van der Waals surface area contributed by atoms with Crippen molar-refractivity contribution in [1.82, 2.24) is 4.90 Å². The van der Waals surface area contributed by atoms with Gasteiger partial charge in [-0.1, -0.05) is 0 Å². The van der Waals surface area contributed by atoms with E-state index in [-0.39, 0.29) is 6.10 Å². The van der Waals surface area contributed by atoms with Crippen LogP contribution >= 0.6 is 22.6 Å². The molecule has 0 amide bonds. The minimum Gasteiger partial charge on any atom is -0.492 e. The van der Waals surface area contributed by atoms with Crippen molar-refractivity contribution in [2.45, 2.75) is 13.0 Å². The highest BCUT2D eigenvalue weighted by molar-refractivity contribution is 14.1. The van der Waals surface area contributed by atoms with Crippen molar-refractivity contribution in [2.24, 2.45) is 10.7 Å². The summed E-state index contributed by atoms with van der Waals surface area (Å²) in [6.07, 6.45) is 0.209. The molecule has 5 nitrogen and oxygen atoms in total. The first-order valence-electron chi connectivity index (χ1n) is 6.70. The van der Waals surface area contributed by atoms with E-state index in [2.05, 4.69) is 32.5 Å². The lowest BCUT2D eigenvalue weighted by Crippen LogP contribution is -2.48. The van der Waals surface area contributed by atoms with Crippen LogP contribution < -0.4 is 10.5 Å². The van der Waals surface area contributed by atoms with Crippen LogP contribution in [0.4, 0.5) is 0 Å². The molecule has 0 aliphatic carbocycles. The van der Waals surface area contributed by atoms with Gasteiger partial charge in [0.05, 0.1) is 19.3 Å². The van der Waals surface area contributed by atoms with Crippen molar-refractivity contribution < 1.29 is 9.47 Å². The molecule has 1 aromatic carbocycles. The van der Waals surface area contributed by atoms with Gasteiger partial charge in [-0.25, -0.2) is 4.99 Å². The van der Waals surface area contributed by atoms with E-state index in [0.29, 0.717) is 25.7 Å². The third kappa shape index (κ3) is 4.82. The lowest BCUT2D eigenvalue weighted by atomic mass is 10.3. The summed E-state index contributed by atoms with van der Waals surface area (Å²) in [5.74, 6) is 1.44. The number of halogens is 1. The van der Waals surface area contributed by atoms with E-state index in [1.54, 1.807) is 0 Å². The summed E-state index contributed by atoms with van der Waals surface area (Å²) >= 11 is 2.27. The highest BCUT2D eigenvalue weighted by Gasteiger charge is 2.17. The molecule has 1 heterocycles. The van der Waals surface area contributed by atoms with E-state index in [0.717, 1.165) is 18.8 Å². The molecule has 1 aliphatic rings. The molecule has 0 bridgehead atoms. The minimum absolute atomic E-state index is 0.209. The predicted molar refractivity (Wildman–Crippen MR) is 88.1 cm³/mol. The smallest absolute Gasteiger partial charge is 0.191 e. The first-order chi connectivity index (χ1) is 9.65. The molecule has 1 saturated heterocycles. The van der Waals surface area contributed by atoms with E-state index >= 15 is 0 Å². The van der Waals surface area contributed by atoms with Gasteiger partial charge in [0.1, 0.15) is 12.4 Å². The van der Waals surface area contributed by atoms with Crippen LogP contribution in [0, 0.1) is 3.57 Å². The van der Waals surface area contributed by atoms with Crippen molar-refractivity contribution in [1.29, 1.82) is 0 Å². The number of aliphatic imine (C=N–C) groups is 1. The Morgan fingerprint density at radius 2 is 2.25 bits per heavy atom. The van der Waals surface area contributed by atoms with E-state index in [4.69, 9.17) is 15.2 Å². The first-order valence-corrected chi connectivity index (χ1v) is 7.78. The van der Waals surface area contributed by atoms with Crippen molar-refractivity contribution >= 4 is 28.6 Å². The van der Waals surface area contributed by atoms with Crippen molar-refractivity contribution in [3.8, 4) is 5.75 Å². The third-order valence-electron chi connectivity index (χ3n) is 3.01. The maximum Gasteiger partial charge on any atom is 0.191 e. The quantitative estimate of drug-likeness (QED) is 0.369. The number of nitrogens with zero attached hydrogens (tertiary/aromatic N) is 2. The van der Waals surface area contributed by atoms with Crippen LogP contribution in [0.1, 0.15) is 6.92 Å². The summed E-state index contributed by atoms with van der Waals surface area (Å²) < 4.78 is 12.3. The molecule has 110 valence electrons. The molecule has 2 N–H and O–H groups in total. The second kappa shape index (κ2) is 7.68. The lowest BCUT2D eigenvalue weighted by molar-refractivity contribution is 0.00528. The Bertz CT molecular complexity index is 450. The average Bonchev–Trinajstić information content (AvgIpc) is 2.45. The fourth-order valence-electron chi connectivity index (χ4n) is 1.98. The van der Waals surface area contributed by atoms with Gasteiger partial charge in [0, 0.05) is 16.7 Å². The van der Waals surface area contributed by atoms with Gasteiger partial charge in [0.2, 0.25) is 0 Å². The maximum atomic E-state index is 5.97. The molecule has 1 fully saturated rings. The zero-order chi connectivity index (χ0) is 14.4. The Labute approximate surface area is 133 Å². The molecule has 20 heavy (non-hydrogen) atoms. The first kappa shape index (κ1) is 15.4. The Morgan fingerprint density at radius 1 is 1.50 bits per heavy atom. The standard InChI is InChI=1S/C14H20IN3O2/c1-11-10-18(7-9-19-11)14(16)17-6-8-20-13-4-2-12(15)3-5-13/h2-5,11H,6-10H2,1H3,(H2,16,17). The van der Waals surface area contributed by atoms with Crippen molar-refractivity contribution in [3.63, 3.8) is 0 Å². The van der Waals surface area contributed by atoms with Gasteiger partial charge >= 0.3 is 0 Å². The third-order valence-corrected chi connectivity index (χ3v) is 3.73. The SMILES string of the molecule is CC1CN(C(N)=NCCOc2ccc(I)cc2)CCO1. The van der Waals surface area contributed by atoms with Crippen LogP contribution in [0.25, 0.3) is 0 Å². The molecule has 1 unspecified atom stereocenters. The molecule has 0 spiro atoms. The normalized spacial score (nSPS) is 20.0. The number of hydrogen-bond acceptors (Lipinski definition) is 3. The molecule has 1 atom stereocenters. The van der Waals surface area contributed by atoms with Crippen LogP contribution in [0.2, 0.25) is 0 Å². The zero-order valence-corrected chi connectivity index (χ0v) is 13.7. The molecule has 0 radical (unpaired) electrons. The number of morpholine rings is 1. The Morgan fingerprint density at radius 3 is 2.95 bits per heavy atom. The van der Waals surface area contributed by atoms with E-state index < -0.39 is 0 Å². The fourth-order valence-corrected chi connectivity index (χ4v) is 2.34. The molecule has 6 heteroatoms. The van der Waals surface area contributed by atoms with E-state index in [1.807, 2.05) is 31.2 Å². The largest absolute Gasteiger partial charge is 0.492 e. The molecule has 2 rings (SSSR count). The zero-order valence-electron chi connectivity index (χ0n) is 11.6. The minimum atomic E-state index is 0.209. The number of benzene rings is 1. The van der Waals surface area contributed by atoms with Gasteiger partial charge in [-0.2, -0.15) is 0 Å². The molecular weight excluding hydrogens is 369 g/mol. The van der Waals surface area contributed by atoms with Crippen LogP contribution in [0.15, 0.2) is 29.3 Å². The summed E-state index contributed by atoms with van der Waals surface area (Å²) in [5, 5.41) is 0. The second-order valence-corrected chi connectivity index (χ2v) is 5.92. The summed E-state index contributed by atoms with van der Waals surface area (Å²) in [6.45, 7) is 5.44. The fraction of sp³-hybridized carbons (Fsp3) is 0.500. The molecule has 1 aliphatic heterocycles. The molecule has 0 saturated carbocycles.